The highest BCUT2D eigenvalue weighted by molar-refractivity contribution is 7.09. The number of aromatic nitrogens is 1. The van der Waals surface area contributed by atoms with Gasteiger partial charge in [-0.25, -0.2) is 4.98 Å². The Labute approximate surface area is 129 Å². The molecule has 0 radical (unpaired) electrons. The number of aryl methyl sites for hydroxylation is 1. The van der Waals surface area contributed by atoms with Crippen molar-refractivity contribution in [2.75, 3.05) is 32.7 Å². The van der Waals surface area contributed by atoms with Crippen LogP contribution in [0, 0.1) is 0 Å². The molecule has 2 heterocycles. The van der Waals surface area contributed by atoms with Gasteiger partial charge in [-0.15, -0.1) is 22.9 Å². The van der Waals surface area contributed by atoms with E-state index in [0.717, 1.165) is 44.8 Å². The summed E-state index contributed by atoms with van der Waals surface area (Å²) in [4.78, 5) is 20.1. The predicted molar refractivity (Wildman–Crippen MR) is 83.3 cm³/mol. The number of nitrogens with zero attached hydrogens (tertiary/aromatic N) is 3. The van der Waals surface area contributed by atoms with Gasteiger partial charge in [-0.2, -0.15) is 0 Å². The Bertz CT molecular complexity index is 430. The first-order chi connectivity index (χ1) is 9.69. The molecule has 0 aliphatic carbocycles. The topological polar surface area (TPSA) is 36.4 Å². The lowest BCUT2D eigenvalue weighted by atomic mass is 10.2. The normalized spacial score (nSPS) is 16.6. The third-order valence-corrected chi connectivity index (χ3v) is 4.90. The van der Waals surface area contributed by atoms with Crippen molar-refractivity contribution < 1.29 is 4.79 Å². The number of thiazole rings is 1. The minimum absolute atomic E-state index is 0.198. The zero-order valence-corrected chi connectivity index (χ0v) is 13.5. The van der Waals surface area contributed by atoms with Crippen LogP contribution in [0.2, 0.25) is 0 Å². The van der Waals surface area contributed by atoms with Crippen molar-refractivity contribution in [2.24, 2.45) is 0 Å². The van der Waals surface area contributed by atoms with Gasteiger partial charge in [0.15, 0.2) is 0 Å². The van der Waals surface area contributed by atoms with Gasteiger partial charge < -0.3 is 4.90 Å². The Hall–Kier alpha value is -0.650. The highest BCUT2D eigenvalue weighted by Gasteiger charge is 2.17. The molecule has 2 rings (SSSR count). The maximum Gasteiger partial charge on any atom is 0.219 e. The molecule has 1 aliphatic rings. The van der Waals surface area contributed by atoms with Gasteiger partial charge in [-0.1, -0.05) is 0 Å². The standard InChI is InChI=1S/C14H22ClN3OS/c1-12(19)18-8-6-17(7-9-18)5-3-2-4-14-16-13(10-15)11-20-14/h11H,2-10H2,1H3. The number of piperazine rings is 1. The average molecular weight is 316 g/mol. The smallest absolute Gasteiger partial charge is 0.219 e. The molecule has 1 amide bonds. The van der Waals surface area contributed by atoms with E-state index in [2.05, 4.69) is 9.88 Å². The molecule has 1 fully saturated rings. The minimum atomic E-state index is 0.198. The van der Waals surface area contributed by atoms with Crippen LogP contribution in [0.15, 0.2) is 5.38 Å². The zero-order chi connectivity index (χ0) is 14.4. The number of unbranched alkanes of at least 4 members (excludes halogenated alkanes) is 1. The van der Waals surface area contributed by atoms with E-state index in [1.54, 1.807) is 18.3 Å². The highest BCUT2D eigenvalue weighted by atomic mass is 35.5. The van der Waals surface area contributed by atoms with Crippen LogP contribution in [0.25, 0.3) is 0 Å². The van der Waals surface area contributed by atoms with Crippen molar-refractivity contribution >= 4 is 28.8 Å². The number of rotatable bonds is 6. The number of amides is 1. The first-order valence-electron chi connectivity index (χ1n) is 7.16. The van der Waals surface area contributed by atoms with Crippen LogP contribution in [0.3, 0.4) is 0 Å². The summed E-state index contributed by atoms with van der Waals surface area (Å²) < 4.78 is 0. The van der Waals surface area contributed by atoms with E-state index in [9.17, 15) is 4.79 Å². The van der Waals surface area contributed by atoms with Crippen molar-refractivity contribution in [3.63, 3.8) is 0 Å². The van der Waals surface area contributed by atoms with E-state index >= 15 is 0 Å². The Balaban J connectivity index is 1.59. The highest BCUT2D eigenvalue weighted by Crippen LogP contribution is 2.14. The summed E-state index contributed by atoms with van der Waals surface area (Å²) in [7, 11) is 0. The molecule has 0 spiro atoms. The fourth-order valence-corrected chi connectivity index (χ4v) is 3.49. The van der Waals surface area contributed by atoms with Crippen molar-refractivity contribution in [1.82, 2.24) is 14.8 Å². The Morgan fingerprint density at radius 1 is 1.35 bits per heavy atom. The van der Waals surface area contributed by atoms with Crippen LogP contribution in [0.4, 0.5) is 0 Å². The van der Waals surface area contributed by atoms with Gasteiger partial charge in [-0.05, 0) is 25.8 Å². The minimum Gasteiger partial charge on any atom is -0.340 e. The molecule has 1 aromatic heterocycles. The average Bonchev–Trinajstić information content (AvgIpc) is 2.92. The van der Waals surface area contributed by atoms with Gasteiger partial charge >= 0.3 is 0 Å². The van der Waals surface area contributed by atoms with Crippen LogP contribution in [-0.4, -0.2) is 53.4 Å². The second-order valence-corrected chi connectivity index (χ2v) is 6.38. The lowest BCUT2D eigenvalue weighted by Gasteiger charge is -2.34. The number of halogens is 1. The van der Waals surface area contributed by atoms with Crippen molar-refractivity contribution in [3.8, 4) is 0 Å². The third-order valence-electron chi connectivity index (χ3n) is 3.67. The van der Waals surface area contributed by atoms with Crippen molar-refractivity contribution in [3.05, 3.63) is 16.1 Å². The molecule has 0 atom stereocenters. The summed E-state index contributed by atoms with van der Waals surface area (Å²) >= 11 is 7.46. The van der Waals surface area contributed by atoms with E-state index in [0.29, 0.717) is 5.88 Å². The molecule has 0 bridgehead atoms. The maximum atomic E-state index is 11.2. The first-order valence-corrected chi connectivity index (χ1v) is 8.57. The second-order valence-electron chi connectivity index (χ2n) is 5.17. The van der Waals surface area contributed by atoms with Gasteiger partial charge in [0, 0.05) is 38.5 Å². The maximum absolute atomic E-state index is 11.2. The molecule has 1 aromatic rings. The van der Waals surface area contributed by atoms with Gasteiger partial charge in [0.25, 0.3) is 0 Å². The summed E-state index contributed by atoms with van der Waals surface area (Å²) in [6.45, 7) is 6.54. The van der Waals surface area contributed by atoms with Gasteiger partial charge in [0.05, 0.1) is 16.6 Å². The van der Waals surface area contributed by atoms with Gasteiger partial charge in [0.2, 0.25) is 5.91 Å². The van der Waals surface area contributed by atoms with Crippen molar-refractivity contribution in [1.29, 1.82) is 0 Å². The number of carbonyl (C=O) groups is 1. The molecular weight excluding hydrogens is 294 g/mol. The number of alkyl halides is 1. The molecule has 1 aliphatic heterocycles. The lowest BCUT2D eigenvalue weighted by Crippen LogP contribution is -2.48. The first kappa shape index (κ1) is 15.7. The molecule has 4 nitrogen and oxygen atoms in total. The predicted octanol–water partition coefficient (Wildman–Crippen LogP) is 2.37. The summed E-state index contributed by atoms with van der Waals surface area (Å²) in [5.41, 5.74) is 0.993. The van der Waals surface area contributed by atoms with Crippen LogP contribution in [0.1, 0.15) is 30.5 Å². The summed E-state index contributed by atoms with van der Waals surface area (Å²) in [5, 5.41) is 3.24. The SMILES string of the molecule is CC(=O)N1CCN(CCCCc2nc(CCl)cs2)CC1. The molecule has 0 aromatic carbocycles. The molecule has 0 saturated carbocycles. The largest absolute Gasteiger partial charge is 0.340 e. The van der Waals surface area contributed by atoms with E-state index in [1.807, 2.05) is 10.3 Å². The quantitative estimate of drug-likeness (QED) is 0.597. The monoisotopic (exact) mass is 315 g/mol. The molecular formula is C14H22ClN3OS. The zero-order valence-electron chi connectivity index (χ0n) is 12.0. The fraction of sp³-hybridized carbons (Fsp3) is 0.714. The number of carbonyl (C=O) groups excluding carboxylic acids is 1. The summed E-state index contributed by atoms with van der Waals surface area (Å²) in [6, 6.07) is 0. The molecule has 1 saturated heterocycles. The molecule has 6 heteroatoms. The number of hydrogen-bond acceptors (Lipinski definition) is 4. The lowest BCUT2D eigenvalue weighted by molar-refractivity contribution is -0.130. The molecule has 20 heavy (non-hydrogen) atoms. The van der Waals surface area contributed by atoms with E-state index in [4.69, 9.17) is 11.6 Å². The van der Waals surface area contributed by atoms with Crippen LogP contribution >= 0.6 is 22.9 Å². The van der Waals surface area contributed by atoms with Gasteiger partial charge in [-0.3, -0.25) is 9.69 Å². The second kappa shape index (κ2) is 7.96. The molecule has 0 unspecified atom stereocenters. The third kappa shape index (κ3) is 4.72. The Morgan fingerprint density at radius 3 is 2.70 bits per heavy atom. The van der Waals surface area contributed by atoms with Gasteiger partial charge in [0.1, 0.15) is 0 Å². The van der Waals surface area contributed by atoms with E-state index in [-0.39, 0.29) is 5.91 Å². The summed E-state index contributed by atoms with van der Waals surface area (Å²) in [5.74, 6) is 0.709. The number of hydrogen-bond donors (Lipinski definition) is 0. The van der Waals surface area contributed by atoms with E-state index in [1.165, 1.54) is 17.8 Å². The molecule has 112 valence electrons. The Morgan fingerprint density at radius 2 is 2.10 bits per heavy atom. The fourth-order valence-electron chi connectivity index (χ4n) is 2.42. The van der Waals surface area contributed by atoms with Crippen molar-refractivity contribution in [2.45, 2.75) is 32.1 Å². The van der Waals surface area contributed by atoms with Crippen LogP contribution in [-0.2, 0) is 17.1 Å². The molecule has 0 N–H and O–H groups in total. The summed E-state index contributed by atoms with van der Waals surface area (Å²) in [6.07, 6.45) is 3.41. The Kier molecular flexibility index (Phi) is 6.26. The van der Waals surface area contributed by atoms with E-state index < -0.39 is 0 Å². The van der Waals surface area contributed by atoms with Crippen LogP contribution in [0.5, 0.6) is 0 Å². The van der Waals surface area contributed by atoms with Crippen LogP contribution < -0.4 is 0 Å².